The lowest BCUT2D eigenvalue weighted by Gasteiger charge is -2.27. The van der Waals surface area contributed by atoms with Crippen LogP contribution in [-0.4, -0.2) is 33.7 Å². The van der Waals surface area contributed by atoms with Crippen LogP contribution in [0.15, 0.2) is 42.7 Å². The summed E-state index contributed by atoms with van der Waals surface area (Å²) in [5.74, 6) is 0.975. The molecule has 1 fully saturated rings. The van der Waals surface area contributed by atoms with Crippen LogP contribution in [0, 0.1) is 0 Å². The second-order valence-corrected chi connectivity index (χ2v) is 5.92. The SMILES string of the molecule is CC[C@H](C(=O)N(Cc1ccccc1OC)C1CC1)n1cccn1. The number of carbonyl (C=O) groups is 1. The fourth-order valence-corrected chi connectivity index (χ4v) is 2.92. The molecule has 5 nitrogen and oxygen atoms in total. The van der Waals surface area contributed by atoms with Crippen molar-refractivity contribution in [2.75, 3.05) is 7.11 Å². The van der Waals surface area contributed by atoms with Crippen molar-refractivity contribution in [1.29, 1.82) is 0 Å². The Morgan fingerprint density at radius 3 is 2.78 bits per heavy atom. The molecule has 1 atom stereocenters. The second kappa shape index (κ2) is 6.86. The van der Waals surface area contributed by atoms with Gasteiger partial charge in [0, 0.05) is 30.5 Å². The van der Waals surface area contributed by atoms with E-state index in [0.29, 0.717) is 12.6 Å². The van der Waals surface area contributed by atoms with Gasteiger partial charge in [-0.25, -0.2) is 0 Å². The lowest BCUT2D eigenvalue weighted by Crippen LogP contribution is -2.38. The van der Waals surface area contributed by atoms with Crippen molar-refractivity contribution in [2.24, 2.45) is 0 Å². The lowest BCUT2D eigenvalue weighted by molar-refractivity contribution is -0.136. The number of hydrogen-bond donors (Lipinski definition) is 0. The molecule has 0 aliphatic heterocycles. The van der Waals surface area contributed by atoms with Crippen LogP contribution >= 0.6 is 0 Å². The van der Waals surface area contributed by atoms with Crippen LogP contribution < -0.4 is 4.74 Å². The molecule has 0 spiro atoms. The molecule has 0 radical (unpaired) electrons. The van der Waals surface area contributed by atoms with E-state index in [0.717, 1.165) is 30.6 Å². The molecule has 5 heteroatoms. The minimum Gasteiger partial charge on any atom is -0.496 e. The van der Waals surface area contributed by atoms with Crippen molar-refractivity contribution in [3.63, 3.8) is 0 Å². The van der Waals surface area contributed by atoms with Gasteiger partial charge in [0.05, 0.1) is 7.11 Å². The van der Waals surface area contributed by atoms with Crippen LogP contribution in [0.3, 0.4) is 0 Å². The molecule has 1 aromatic heterocycles. The highest BCUT2D eigenvalue weighted by molar-refractivity contribution is 5.81. The van der Waals surface area contributed by atoms with E-state index >= 15 is 0 Å². The number of nitrogens with zero attached hydrogens (tertiary/aromatic N) is 3. The predicted molar refractivity (Wildman–Crippen MR) is 88.1 cm³/mol. The molecule has 3 rings (SSSR count). The van der Waals surface area contributed by atoms with Gasteiger partial charge in [-0.05, 0) is 31.4 Å². The number of ether oxygens (including phenoxy) is 1. The third kappa shape index (κ3) is 3.38. The molecule has 1 heterocycles. The highest BCUT2D eigenvalue weighted by Gasteiger charge is 2.36. The number of methoxy groups -OCH3 is 1. The normalized spacial score (nSPS) is 15.2. The zero-order chi connectivity index (χ0) is 16.2. The minimum atomic E-state index is -0.236. The fraction of sp³-hybridized carbons (Fsp3) is 0.444. The van der Waals surface area contributed by atoms with Crippen LogP contribution in [0.2, 0.25) is 0 Å². The van der Waals surface area contributed by atoms with E-state index in [1.54, 1.807) is 18.0 Å². The predicted octanol–water partition coefficient (Wildman–Crippen LogP) is 3.03. The van der Waals surface area contributed by atoms with Crippen molar-refractivity contribution < 1.29 is 9.53 Å². The minimum absolute atomic E-state index is 0.143. The maximum Gasteiger partial charge on any atom is 0.247 e. The van der Waals surface area contributed by atoms with E-state index in [1.165, 1.54) is 0 Å². The number of para-hydroxylation sites is 1. The molecule has 1 aliphatic carbocycles. The standard InChI is InChI=1S/C18H23N3O2/c1-3-16(21-12-6-11-19-21)18(22)20(15-9-10-15)13-14-7-4-5-8-17(14)23-2/h4-8,11-12,15-16H,3,9-10,13H2,1-2H3/t16-/m1/s1. The van der Waals surface area contributed by atoms with E-state index in [4.69, 9.17) is 4.74 Å². The Hall–Kier alpha value is -2.30. The summed E-state index contributed by atoms with van der Waals surface area (Å²) in [6.45, 7) is 2.61. The Bertz CT molecular complexity index is 650. The molecule has 122 valence electrons. The average Bonchev–Trinajstić information content (AvgIpc) is 3.28. The molecule has 1 amide bonds. The van der Waals surface area contributed by atoms with Gasteiger partial charge >= 0.3 is 0 Å². The Labute approximate surface area is 136 Å². The van der Waals surface area contributed by atoms with E-state index in [-0.39, 0.29) is 11.9 Å². The number of carbonyl (C=O) groups excluding carboxylic acids is 1. The van der Waals surface area contributed by atoms with Crippen LogP contribution in [0.25, 0.3) is 0 Å². The van der Waals surface area contributed by atoms with Gasteiger partial charge in [0.1, 0.15) is 11.8 Å². The van der Waals surface area contributed by atoms with Gasteiger partial charge in [0.2, 0.25) is 5.91 Å². The first-order valence-electron chi connectivity index (χ1n) is 8.16. The Balaban J connectivity index is 1.82. The highest BCUT2D eigenvalue weighted by atomic mass is 16.5. The monoisotopic (exact) mass is 313 g/mol. The highest BCUT2D eigenvalue weighted by Crippen LogP contribution is 2.32. The van der Waals surface area contributed by atoms with Crippen LogP contribution in [0.5, 0.6) is 5.75 Å². The smallest absolute Gasteiger partial charge is 0.247 e. The molecule has 1 saturated carbocycles. The molecule has 0 saturated heterocycles. The summed E-state index contributed by atoms with van der Waals surface area (Å²) in [5.41, 5.74) is 1.05. The Morgan fingerprint density at radius 1 is 1.39 bits per heavy atom. The zero-order valence-electron chi connectivity index (χ0n) is 13.7. The van der Waals surface area contributed by atoms with E-state index in [9.17, 15) is 4.79 Å². The maximum atomic E-state index is 13.1. The topological polar surface area (TPSA) is 47.4 Å². The number of amides is 1. The van der Waals surface area contributed by atoms with Crippen molar-refractivity contribution in [3.05, 3.63) is 48.3 Å². The molecular weight excluding hydrogens is 290 g/mol. The summed E-state index contributed by atoms with van der Waals surface area (Å²) in [6.07, 6.45) is 6.47. The molecule has 0 N–H and O–H groups in total. The summed E-state index contributed by atoms with van der Waals surface area (Å²) < 4.78 is 7.19. The third-order valence-electron chi connectivity index (χ3n) is 4.32. The summed E-state index contributed by atoms with van der Waals surface area (Å²) >= 11 is 0. The van der Waals surface area contributed by atoms with Crippen LogP contribution in [-0.2, 0) is 11.3 Å². The fourth-order valence-electron chi connectivity index (χ4n) is 2.92. The van der Waals surface area contributed by atoms with Gasteiger partial charge in [-0.2, -0.15) is 5.10 Å². The molecule has 2 aromatic rings. The number of benzene rings is 1. The quantitative estimate of drug-likeness (QED) is 0.789. The number of rotatable bonds is 7. The van der Waals surface area contributed by atoms with Crippen LogP contribution in [0.4, 0.5) is 0 Å². The lowest BCUT2D eigenvalue weighted by atomic mass is 10.1. The zero-order valence-corrected chi connectivity index (χ0v) is 13.7. The molecule has 0 unspecified atom stereocenters. The van der Waals surface area contributed by atoms with E-state index in [2.05, 4.69) is 5.10 Å². The number of aromatic nitrogens is 2. The average molecular weight is 313 g/mol. The van der Waals surface area contributed by atoms with Gasteiger partial charge in [0.15, 0.2) is 0 Å². The third-order valence-corrected chi connectivity index (χ3v) is 4.32. The Kier molecular flexibility index (Phi) is 4.65. The maximum absolute atomic E-state index is 13.1. The summed E-state index contributed by atoms with van der Waals surface area (Å²) in [7, 11) is 1.67. The van der Waals surface area contributed by atoms with Crippen LogP contribution in [0.1, 0.15) is 37.8 Å². The molecule has 1 aromatic carbocycles. The second-order valence-electron chi connectivity index (χ2n) is 5.92. The molecule has 23 heavy (non-hydrogen) atoms. The Morgan fingerprint density at radius 2 is 2.17 bits per heavy atom. The first-order valence-corrected chi connectivity index (χ1v) is 8.16. The largest absolute Gasteiger partial charge is 0.496 e. The first-order chi connectivity index (χ1) is 11.2. The van der Waals surface area contributed by atoms with Gasteiger partial charge in [0.25, 0.3) is 0 Å². The van der Waals surface area contributed by atoms with E-state index < -0.39 is 0 Å². The van der Waals surface area contributed by atoms with Crippen molar-refractivity contribution >= 4 is 5.91 Å². The van der Waals surface area contributed by atoms with Gasteiger partial charge < -0.3 is 9.64 Å². The summed E-state index contributed by atoms with van der Waals surface area (Å²) in [4.78, 5) is 15.1. The summed E-state index contributed by atoms with van der Waals surface area (Å²) in [5, 5.41) is 4.26. The van der Waals surface area contributed by atoms with Gasteiger partial charge in [-0.1, -0.05) is 25.1 Å². The van der Waals surface area contributed by atoms with Gasteiger partial charge in [-0.15, -0.1) is 0 Å². The van der Waals surface area contributed by atoms with Gasteiger partial charge in [-0.3, -0.25) is 9.48 Å². The molecule has 1 aliphatic rings. The molecule has 0 bridgehead atoms. The van der Waals surface area contributed by atoms with E-state index in [1.807, 2.05) is 48.4 Å². The van der Waals surface area contributed by atoms with Crippen molar-refractivity contribution in [1.82, 2.24) is 14.7 Å². The van der Waals surface area contributed by atoms with Crippen molar-refractivity contribution in [3.8, 4) is 5.75 Å². The number of hydrogen-bond acceptors (Lipinski definition) is 3. The first kappa shape index (κ1) is 15.6. The van der Waals surface area contributed by atoms with Crippen molar-refractivity contribution in [2.45, 2.75) is 44.8 Å². The summed E-state index contributed by atoms with van der Waals surface area (Å²) in [6, 6.07) is 9.86. The molecular formula is C18H23N3O2.